The van der Waals surface area contributed by atoms with Crippen molar-refractivity contribution in [1.29, 1.82) is 0 Å². The van der Waals surface area contributed by atoms with Crippen molar-refractivity contribution < 1.29 is 4.74 Å². The zero-order chi connectivity index (χ0) is 10.1. The SMILES string of the molecule is CCC(C)N(CCCN)CCOC. The molecule has 0 heterocycles. The van der Waals surface area contributed by atoms with Gasteiger partial charge in [0.2, 0.25) is 0 Å². The van der Waals surface area contributed by atoms with Crippen molar-refractivity contribution in [2.45, 2.75) is 32.7 Å². The van der Waals surface area contributed by atoms with Crippen LogP contribution in [0.2, 0.25) is 0 Å². The van der Waals surface area contributed by atoms with Crippen molar-refractivity contribution in [2.24, 2.45) is 5.73 Å². The summed E-state index contributed by atoms with van der Waals surface area (Å²) in [5.41, 5.74) is 5.49. The Labute approximate surface area is 82.2 Å². The Balaban J connectivity index is 3.72. The summed E-state index contributed by atoms with van der Waals surface area (Å²) in [6.07, 6.45) is 2.27. The summed E-state index contributed by atoms with van der Waals surface area (Å²) < 4.78 is 5.07. The maximum atomic E-state index is 5.49. The molecular formula is C10H24N2O. The molecule has 0 aliphatic rings. The summed E-state index contributed by atoms with van der Waals surface area (Å²) in [5.74, 6) is 0. The molecule has 3 heteroatoms. The van der Waals surface area contributed by atoms with Gasteiger partial charge in [-0.2, -0.15) is 0 Å². The predicted octanol–water partition coefficient (Wildman–Crippen LogP) is 1.08. The molecule has 0 rings (SSSR count). The molecule has 80 valence electrons. The molecule has 0 aliphatic carbocycles. The quantitative estimate of drug-likeness (QED) is 0.619. The average Bonchev–Trinajstić information content (AvgIpc) is 2.17. The van der Waals surface area contributed by atoms with Crippen molar-refractivity contribution in [3.05, 3.63) is 0 Å². The van der Waals surface area contributed by atoms with Crippen molar-refractivity contribution >= 4 is 0 Å². The third-order valence-electron chi connectivity index (χ3n) is 2.45. The second-order valence-corrected chi connectivity index (χ2v) is 3.43. The van der Waals surface area contributed by atoms with Crippen molar-refractivity contribution in [3.8, 4) is 0 Å². The van der Waals surface area contributed by atoms with Gasteiger partial charge in [0, 0.05) is 19.7 Å². The highest BCUT2D eigenvalue weighted by molar-refractivity contribution is 4.65. The molecule has 0 spiro atoms. The minimum absolute atomic E-state index is 0.640. The van der Waals surface area contributed by atoms with Crippen molar-refractivity contribution in [2.75, 3.05) is 33.4 Å². The predicted molar refractivity (Wildman–Crippen MR) is 56.9 cm³/mol. The van der Waals surface area contributed by atoms with E-state index in [-0.39, 0.29) is 0 Å². The highest BCUT2D eigenvalue weighted by Gasteiger charge is 2.10. The van der Waals surface area contributed by atoms with E-state index in [1.165, 1.54) is 6.42 Å². The first-order chi connectivity index (χ1) is 6.26. The molecule has 1 unspecified atom stereocenters. The molecule has 2 N–H and O–H groups in total. The van der Waals surface area contributed by atoms with Crippen LogP contribution in [-0.2, 0) is 4.74 Å². The third-order valence-corrected chi connectivity index (χ3v) is 2.45. The summed E-state index contributed by atoms with van der Waals surface area (Å²) in [6.45, 7) is 8.17. The Morgan fingerprint density at radius 1 is 1.38 bits per heavy atom. The highest BCUT2D eigenvalue weighted by Crippen LogP contribution is 2.03. The Morgan fingerprint density at radius 3 is 2.54 bits per heavy atom. The van der Waals surface area contributed by atoms with Gasteiger partial charge in [-0.25, -0.2) is 0 Å². The first-order valence-corrected chi connectivity index (χ1v) is 5.19. The molecule has 0 radical (unpaired) electrons. The van der Waals surface area contributed by atoms with Crippen LogP contribution in [0.5, 0.6) is 0 Å². The van der Waals surface area contributed by atoms with E-state index >= 15 is 0 Å². The van der Waals surface area contributed by atoms with Crippen LogP contribution in [0.1, 0.15) is 26.7 Å². The van der Waals surface area contributed by atoms with Gasteiger partial charge in [0.1, 0.15) is 0 Å². The van der Waals surface area contributed by atoms with Gasteiger partial charge in [-0.15, -0.1) is 0 Å². The summed E-state index contributed by atoms with van der Waals surface area (Å²) >= 11 is 0. The van der Waals surface area contributed by atoms with Gasteiger partial charge >= 0.3 is 0 Å². The number of ether oxygens (including phenoxy) is 1. The van der Waals surface area contributed by atoms with E-state index in [2.05, 4.69) is 18.7 Å². The van der Waals surface area contributed by atoms with Gasteiger partial charge in [-0.1, -0.05) is 6.92 Å². The van der Waals surface area contributed by atoms with Gasteiger partial charge < -0.3 is 10.5 Å². The molecule has 0 bridgehead atoms. The second kappa shape index (κ2) is 8.48. The van der Waals surface area contributed by atoms with Crippen LogP contribution in [0.15, 0.2) is 0 Å². The zero-order valence-corrected chi connectivity index (χ0v) is 9.25. The summed E-state index contributed by atoms with van der Waals surface area (Å²) in [5, 5.41) is 0. The lowest BCUT2D eigenvalue weighted by Crippen LogP contribution is -2.36. The molecule has 0 aliphatic heterocycles. The highest BCUT2D eigenvalue weighted by atomic mass is 16.5. The molecule has 0 fully saturated rings. The molecule has 0 aromatic heterocycles. The minimum Gasteiger partial charge on any atom is -0.383 e. The smallest absolute Gasteiger partial charge is 0.0589 e. The number of hydrogen-bond donors (Lipinski definition) is 1. The molecule has 0 amide bonds. The second-order valence-electron chi connectivity index (χ2n) is 3.43. The van der Waals surface area contributed by atoms with Gasteiger partial charge in [-0.3, -0.25) is 4.90 Å². The van der Waals surface area contributed by atoms with E-state index in [1.807, 2.05) is 0 Å². The number of nitrogens with two attached hydrogens (primary N) is 1. The van der Waals surface area contributed by atoms with E-state index < -0.39 is 0 Å². The molecule has 0 saturated carbocycles. The van der Waals surface area contributed by atoms with Crippen molar-refractivity contribution in [1.82, 2.24) is 4.90 Å². The normalized spacial score (nSPS) is 13.6. The lowest BCUT2D eigenvalue weighted by molar-refractivity contribution is 0.122. The monoisotopic (exact) mass is 188 g/mol. The number of nitrogens with zero attached hydrogens (tertiary/aromatic N) is 1. The Morgan fingerprint density at radius 2 is 2.08 bits per heavy atom. The first kappa shape index (κ1) is 12.9. The van der Waals surface area contributed by atoms with Crippen LogP contribution in [-0.4, -0.2) is 44.3 Å². The maximum Gasteiger partial charge on any atom is 0.0589 e. The fraction of sp³-hybridized carbons (Fsp3) is 1.00. The number of methoxy groups -OCH3 is 1. The average molecular weight is 188 g/mol. The van der Waals surface area contributed by atoms with E-state index in [9.17, 15) is 0 Å². The lowest BCUT2D eigenvalue weighted by Gasteiger charge is -2.27. The third kappa shape index (κ3) is 6.02. The Hall–Kier alpha value is -0.120. The van der Waals surface area contributed by atoms with Crippen LogP contribution in [0.4, 0.5) is 0 Å². The minimum atomic E-state index is 0.640. The topological polar surface area (TPSA) is 38.5 Å². The van der Waals surface area contributed by atoms with Crippen molar-refractivity contribution in [3.63, 3.8) is 0 Å². The van der Waals surface area contributed by atoms with Crippen LogP contribution >= 0.6 is 0 Å². The van der Waals surface area contributed by atoms with E-state index in [1.54, 1.807) is 7.11 Å². The molecule has 13 heavy (non-hydrogen) atoms. The zero-order valence-electron chi connectivity index (χ0n) is 9.25. The van der Waals surface area contributed by atoms with Crippen LogP contribution in [0.3, 0.4) is 0 Å². The van der Waals surface area contributed by atoms with Crippen LogP contribution in [0, 0.1) is 0 Å². The fourth-order valence-corrected chi connectivity index (χ4v) is 1.31. The van der Waals surface area contributed by atoms with E-state index in [0.29, 0.717) is 6.04 Å². The Bertz CT molecular complexity index is 101. The number of hydrogen-bond acceptors (Lipinski definition) is 3. The van der Waals surface area contributed by atoms with Crippen LogP contribution < -0.4 is 5.73 Å². The van der Waals surface area contributed by atoms with Gasteiger partial charge in [-0.05, 0) is 32.9 Å². The van der Waals surface area contributed by atoms with Gasteiger partial charge in [0.25, 0.3) is 0 Å². The largest absolute Gasteiger partial charge is 0.383 e. The lowest BCUT2D eigenvalue weighted by atomic mass is 10.2. The molecule has 0 saturated heterocycles. The summed E-state index contributed by atoms with van der Waals surface area (Å²) in [7, 11) is 1.75. The van der Waals surface area contributed by atoms with Gasteiger partial charge in [0.15, 0.2) is 0 Å². The Kier molecular flexibility index (Phi) is 8.40. The van der Waals surface area contributed by atoms with E-state index in [4.69, 9.17) is 10.5 Å². The maximum absolute atomic E-state index is 5.49. The molecule has 0 aromatic carbocycles. The van der Waals surface area contributed by atoms with E-state index in [0.717, 1.165) is 32.7 Å². The number of rotatable bonds is 8. The standard InChI is InChI=1S/C10H24N2O/c1-4-10(2)12(7-5-6-11)8-9-13-3/h10H,4-9,11H2,1-3H3. The molecule has 3 nitrogen and oxygen atoms in total. The van der Waals surface area contributed by atoms with Gasteiger partial charge in [0.05, 0.1) is 6.61 Å². The fourth-order valence-electron chi connectivity index (χ4n) is 1.31. The molecule has 0 aromatic rings. The first-order valence-electron chi connectivity index (χ1n) is 5.19. The molecule has 1 atom stereocenters. The molecular weight excluding hydrogens is 164 g/mol. The summed E-state index contributed by atoms with van der Waals surface area (Å²) in [6, 6.07) is 0.640. The van der Waals surface area contributed by atoms with Crippen LogP contribution in [0.25, 0.3) is 0 Å². The summed E-state index contributed by atoms with van der Waals surface area (Å²) in [4.78, 5) is 2.44.